The van der Waals surface area contributed by atoms with E-state index < -0.39 is 0 Å². The van der Waals surface area contributed by atoms with Gasteiger partial charge in [0.1, 0.15) is 5.01 Å². The first-order chi connectivity index (χ1) is 16.0. The molecule has 2 aromatic heterocycles. The molecule has 0 saturated carbocycles. The first-order valence-electron chi connectivity index (χ1n) is 11.5. The predicted octanol–water partition coefficient (Wildman–Crippen LogP) is 8.44. The molecule has 162 valence electrons. The number of nitrogens with zero attached hydrogens (tertiary/aromatic N) is 2. The van der Waals surface area contributed by atoms with Crippen LogP contribution in [-0.2, 0) is 5.41 Å². The molecule has 0 saturated heterocycles. The number of hydrogen-bond acceptors (Lipinski definition) is 2. The maximum atomic E-state index is 4.90. The van der Waals surface area contributed by atoms with E-state index in [1.54, 1.807) is 11.3 Å². The smallest absolute Gasteiger partial charge is 0.124 e. The van der Waals surface area contributed by atoms with E-state index in [2.05, 4.69) is 104 Å². The molecule has 0 atom stereocenters. The third-order valence-electron chi connectivity index (χ3n) is 6.91. The Bertz CT molecular complexity index is 1610. The van der Waals surface area contributed by atoms with Crippen LogP contribution in [0.4, 0.5) is 0 Å². The number of allylic oxidation sites excluding steroid dienone is 3. The summed E-state index contributed by atoms with van der Waals surface area (Å²) in [5.41, 5.74) is 8.85. The zero-order valence-corrected chi connectivity index (χ0v) is 20.2. The van der Waals surface area contributed by atoms with Gasteiger partial charge in [-0.05, 0) is 55.3 Å². The van der Waals surface area contributed by atoms with Gasteiger partial charge in [0.25, 0.3) is 0 Å². The van der Waals surface area contributed by atoms with Gasteiger partial charge in [0.15, 0.2) is 0 Å². The van der Waals surface area contributed by atoms with Crippen LogP contribution < -0.4 is 0 Å². The summed E-state index contributed by atoms with van der Waals surface area (Å²) in [6, 6.07) is 22.4. The molecule has 1 aliphatic heterocycles. The lowest BCUT2D eigenvalue weighted by Gasteiger charge is -2.34. The summed E-state index contributed by atoms with van der Waals surface area (Å²) in [6.07, 6.45) is 8.32. The molecule has 33 heavy (non-hydrogen) atoms. The van der Waals surface area contributed by atoms with Crippen molar-refractivity contribution >= 4 is 39.2 Å². The van der Waals surface area contributed by atoms with Crippen LogP contribution in [0.25, 0.3) is 44.1 Å². The number of rotatable bonds is 3. The lowest BCUT2D eigenvalue weighted by Crippen LogP contribution is -2.26. The van der Waals surface area contributed by atoms with Gasteiger partial charge in [-0.2, -0.15) is 0 Å². The van der Waals surface area contributed by atoms with Crippen LogP contribution in [0, 0.1) is 6.92 Å². The van der Waals surface area contributed by atoms with E-state index in [-0.39, 0.29) is 5.41 Å². The molecule has 3 heteroatoms. The minimum Gasteiger partial charge on any atom is -0.309 e. The van der Waals surface area contributed by atoms with Crippen LogP contribution in [0.15, 0.2) is 78.9 Å². The van der Waals surface area contributed by atoms with E-state index in [0.717, 1.165) is 10.7 Å². The molecule has 0 bridgehead atoms. The molecule has 3 aromatic carbocycles. The number of benzene rings is 3. The average molecular weight is 447 g/mol. The summed E-state index contributed by atoms with van der Waals surface area (Å²) >= 11 is 1.75. The monoisotopic (exact) mass is 446 g/mol. The Morgan fingerprint density at radius 1 is 0.909 bits per heavy atom. The van der Waals surface area contributed by atoms with Crippen LogP contribution in [0.3, 0.4) is 0 Å². The summed E-state index contributed by atoms with van der Waals surface area (Å²) in [5.74, 6) is 0. The first-order valence-corrected chi connectivity index (χ1v) is 12.3. The van der Waals surface area contributed by atoms with Crippen molar-refractivity contribution in [2.75, 3.05) is 0 Å². The number of fused-ring (bicyclic) bond motifs is 5. The quantitative estimate of drug-likeness (QED) is 0.254. The molecule has 0 spiro atoms. The molecule has 0 unspecified atom stereocenters. The Morgan fingerprint density at radius 2 is 1.73 bits per heavy atom. The summed E-state index contributed by atoms with van der Waals surface area (Å²) in [5, 5.41) is 3.67. The minimum atomic E-state index is -0.0378. The number of thiazole rings is 1. The zero-order chi connectivity index (χ0) is 22.7. The second-order valence-corrected chi connectivity index (χ2v) is 10.3. The van der Waals surface area contributed by atoms with Gasteiger partial charge in [-0.3, -0.25) is 0 Å². The van der Waals surface area contributed by atoms with Gasteiger partial charge in [-0.25, -0.2) is 4.98 Å². The molecular formula is C30H26N2S. The fourth-order valence-electron chi connectivity index (χ4n) is 5.24. The third kappa shape index (κ3) is 2.89. The SMILES string of the molecule is C/C=C\C=C/c1sc(-c2ccc3c(c2)c2cccc4c2n3-c2ccccc2C4(C)C)nc1C. The second-order valence-electron chi connectivity index (χ2n) is 9.26. The van der Waals surface area contributed by atoms with E-state index in [9.17, 15) is 0 Å². The molecule has 2 nitrogen and oxygen atoms in total. The summed E-state index contributed by atoms with van der Waals surface area (Å²) < 4.78 is 2.46. The molecule has 1 aliphatic rings. The molecule has 0 fully saturated rings. The van der Waals surface area contributed by atoms with E-state index in [0.29, 0.717) is 0 Å². The molecule has 0 N–H and O–H groups in total. The largest absolute Gasteiger partial charge is 0.309 e. The van der Waals surface area contributed by atoms with Crippen LogP contribution >= 0.6 is 11.3 Å². The lowest BCUT2D eigenvalue weighted by atomic mass is 9.75. The first kappa shape index (κ1) is 20.2. The van der Waals surface area contributed by atoms with E-state index >= 15 is 0 Å². The van der Waals surface area contributed by atoms with Gasteiger partial charge in [0.05, 0.1) is 27.3 Å². The summed E-state index contributed by atoms with van der Waals surface area (Å²) in [4.78, 5) is 6.11. The van der Waals surface area contributed by atoms with Gasteiger partial charge >= 0.3 is 0 Å². The Morgan fingerprint density at radius 3 is 2.58 bits per heavy atom. The van der Waals surface area contributed by atoms with Crippen molar-refractivity contribution in [2.45, 2.75) is 33.1 Å². The van der Waals surface area contributed by atoms with Crippen LogP contribution in [0.5, 0.6) is 0 Å². The standard InChI is InChI=1S/C30H26N2S/c1-5-6-7-15-27-19(2)31-29(33-27)20-16-17-25-22(18-20)21-11-10-13-24-28(21)32(25)26-14-9-8-12-23(26)30(24,3)4/h5-18H,1-4H3/b6-5-,15-7-. The fourth-order valence-corrected chi connectivity index (χ4v) is 6.21. The topological polar surface area (TPSA) is 17.8 Å². The lowest BCUT2D eigenvalue weighted by molar-refractivity contribution is 0.630. The van der Waals surface area contributed by atoms with Crippen LogP contribution in [-0.4, -0.2) is 9.55 Å². The van der Waals surface area contributed by atoms with Crippen molar-refractivity contribution in [1.82, 2.24) is 9.55 Å². The maximum Gasteiger partial charge on any atom is 0.124 e. The van der Waals surface area contributed by atoms with Crippen molar-refractivity contribution in [3.63, 3.8) is 0 Å². The van der Waals surface area contributed by atoms with Crippen molar-refractivity contribution in [3.8, 4) is 16.3 Å². The molecule has 0 amide bonds. The van der Waals surface area contributed by atoms with Crippen molar-refractivity contribution in [2.24, 2.45) is 0 Å². The highest BCUT2D eigenvalue weighted by molar-refractivity contribution is 7.16. The average Bonchev–Trinajstić information content (AvgIpc) is 3.36. The molecular weight excluding hydrogens is 420 g/mol. The number of hydrogen-bond donors (Lipinski definition) is 0. The van der Waals surface area contributed by atoms with E-state index in [1.807, 2.05) is 13.0 Å². The van der Waals surface area contributed by atoms with Gasteiger partial charge in [0, 0.05) is 21.8 Å². The molecule has 3 heterocycles. The Hall–Kier alpha value is -3.43. The summed E-state index contributed by atoms with van der Waals surface area (Å²) in [7, 11) is 0. The number of para-hydroxylation sites is 2. The Balaban J connectivity index is 1.61. The second kappa shape index (κ2) is 7.29. The van der Waals surface area contributed by atoms with Crippen LogP contribution in [0.2, 0.25) is 0 Å². The molecule has 0 radical (unpaired) electrons. The molecule has 6 rings (SSSR count). The number of aryl methyl sites for hydroxylation is 1. The van der Waals surface area contributed by atoms with Crippen molar-refractivity contribution in [3.05, 3.63) is 101 Å². The highest BCUT2D eigenvalue weighted by Gasteiger charge is 2.34. The van der Waals surface area contributed by atoms with Gasteiger partial charge in [-0.1, -0.05) is 68.5 Å². The normalized spacial score (nSPS) is 14.7. The summed E-state index contributed by atoms with van der Waals surface area (Å²) in [6.45, 7) is 8.80. The predicted molar refractivity (Wildman–Crippen MR) is 143 cm³/mol. The Labute approximate surface area is 198 Å². The highest BCUT2D eigenvalue weighted by atomic mass is 32.1. The van der Waals surface area contributed by atoms with Crippen molar-refractivity contribution in [1.29, 1.82) is 0 Å². The minimum absolute atomic E-state index is 0.0378. The molecule has 0 aliphatic carbocycles. The fraction of sp³-hybridized carbons (Fsp3) is 0.167. The zero-order valence-electron chi connectivity index (χ0n) is 19.4. The van der Waals surface area contributed by atoms with Gasteiger partial charge < -0.3 is 4.57 Å². The van der Waals surface area contributed by atoms with Crippen LogP contribution in [0.1, 0.15) is 42.5 Å². The highest BCUT2D eigenvalue weighted by Crippen LogP contribution is 2.47. The molecule has 5 aromatic rings. The van der Waals surface area contributed by atoms with E-state index in [4.69, 9.17) is 4.98 Å². The Kier molecular flexibility index (Phi) is 4.46. The third-order valence-corrected chi connectivity index (χ3v) is 8.08. The van der Waals surface area contributed by atoms with E-state index in [1.165, 1.54) is 49.1 Å². The van der Waals surface area contributed by atoms with Gasteiger partial charge in [-0.15, -0.1) is 11.3 Å². The maximum absolute atomic E-state index is 4.90. The van der Waals surface area contributed by atoms with Crippen molar-refractivity contribution < 1.29 is 0 Å². The van der Waals surface area contributed by atoms with Gasteiger partial charge in [0.2, 0.25) is 0 Å². The number of aromatic nitrogens is 2.